The summed E-state index contributed by atoms with van der Waals surface area (Å²) in [6, 6.07) is 8.46. The molecule has 0 fully saturated rings. The highest BCUT2D eigenvalue weighted by atomic mass is 32.2. The average Bonchev–Trinajstić information content (AvgIpc) is 3.11. The smallest absolute Gasteiger partial charge is 0.269 e. The number of aromatic nitrogens is 3. The number of hydrogen-bond donors (Lipinski definition) is 0. The minimum Gasteiger partial charge on any atom is -0.469 e. The van der Waals surface area contributed by atoms with Gasteiger partial charge in [0, 0.05) is 24.9 Å². The van der Waals surface area contributed by atoms with Gasteiger partial charge in [0.05, 0.1) is 16.7 Å². The summed E-state index contributed by atoms with van der Waals surface area (Å²) in [5.74, 6) is 2.10. The molecule has 118 valence electrons. The number of rotatable bonds is 5. The van der Waals surface area contributed by atoms with Crippen LogP contribution in [0, 0.1) is 17.0 Å². The molecule has 2 aromatic heterocycles. The van der Waals surface area contributed by atoms with E-state index in [1.54, 1.807) is 18.4 Å². The molecule has 0 saturated heterocycles. The van der Waals surface area contributed by atoms with Gasteiger partial charge in [0.1, 0.15) is 5.76 Å². The van der Waals surface area contributed by atoms with Crippen LogP contribution in [0.2, 0.25) is 0 Å². The first-order chi connectivity index (χ1) is 11.1. The van der Waals surface area contributed by atoms with E-state index in [9.17, 15) is 10.1 Å². The number of non-ortho nitro benzene ring substituents is 1. The second kappa shape index (κ2) is 6.25. The molecule has 0 aliphatic carbocycles. The summed E-state index contributed by atoms with van der Waals surface area (Å²) in [5.41, 5.74) is 1.87. The van der Waals surface area contributed by atoms with Gasteiger partial charge in [-0.3, -0.25) is 10.1 Å². The van der Waals surface area contributed by atoms with E-state index in [0.717, 1.165) is 27.9 Å². The van der Waals surface area contributed by atoms with Gasteiger partial charge in [0.15, 0.2) is 11.0 Å². The van der Waals surface area contributed by atoms with E-state index in [0.29, 0.717) is 5.75 Å². The molecule has 0 unspecified atom stereocenters. The molecule has 3 rings (SSSR count). The highest BCUT2D eigenvalue weighted by Crippen LogP contribution is 2.28. The van der Waals surface area contributed by atoms with E-state index >= 15 is 0 Å². The van der Waals surface area contributed by atoms with E-state index in [1.165, 1.54) is 17.8 Å². The van der Waals surface area contributed by atoms with Crippen LogP contribution >= 0.6 is 11.8 Å². The third-order valence-corrected chi connectivity index (χ3v) is 4.52. The fraction of sp³-hybridized carbons (Fsp3) is 0.200. The standard InChI is InChI=1S/C15H14N4O3S/c1-10-13(6-7-22-10)14-16-17-15(18(14)2)23-9-11-4-3-5-12(8-11)19(20)21/h3-8H,9H2,1-2H3. The Kier molecular flexibility index (Phi) is 4.16. The molecule has 0 amide bonds. The van der Waals surface area contributed by atoms with Gasteiger partial charge in [0.25, 0.3) is 5.69 Å². The van der Waals surface area contributed by atoms with Crippen molar-refractivity contribution in [2.45, 2.75) is 17.8 Å². The lowest BCUT2D eigenvalue weighted by Gasteiger charge is -2.03. The lowest BCUT2D eigenvalue weighted by Crippen LogP contribution is -1.95. The number of thioether (sulfide) groups is 1. The van der Waals surface area contributed by atoms with E-state index in [2.05, 4.69) is 10.2 Å². The molecular weight excluding hydrogens is 316 g/mol. The molecule has 0 aliphatic rings. The van der Waals surface area contributed by atoms with Gasteiger partial charge < -0.3 is 8.98 Å². The van der Waals surface area contributed by atoms with Gasteiger partial charge in [-0.05, 0) is 18.6 Å². The average molecular weight is 330 g/mol. The minimum absolute atomic E-state index is 0.0933. The topological polar surface area (TPSA) is 87.0 Å². The Morgan fingerprint density at radius 3 is 2.87 bits per heavy atom. The Labute approximate surface area is 136 Å². The van der Waals surface area contributed by atoms with Crippen molar-refractivity contribution in [3.8, 4) is 11.4 Å². The second-order valence-corrected chi connectivity index (χ2v) is 5.91. The van der Waals surface area contributed by atoms with Crippen LogP contribution in [0.1, 0.15) is 11.3 Å². The number of hydrogen-bond acceptors (Lipinski definition) is 6. The fourth-order valence-corrected chi connectivity index (χ4v) is 3.05. The van der Waals surface area contributed by atoms with Gasteiger partial charge in [-0.15, -0.1) is 10.2 Å². The van der Waals surface area contributed by atoms with Gasteiger partial charge in [0.2, 0.25) is 0 Å². The van der Waals surface area contributed by atoms with Crippen LogP contribution in [-0.4, -0.2) is 19.7 Å². The normalized spacial score (nSPS) is 10.9. The molecule has 2 heterocycles. The zero-order valence-corrected chi connectivity index (χ0v) is 13.4. The van der Waals surface area contributed by atoms with Gasteiger partial charge in [-0.25, -0.2) is 0 Å². The molecule has 8 heteroatoms. The van der Waals surface area contributed by atoms with Crippen molar-refractivity contribution in [1.29, 1.82) is 0 Å². The van der Waals surface area contributed by atoms with Crippen molar-refractivity contribution < 1.29 is 9.34 Å². The molecule has 7 nitrogen and oxygen atoms in total. The van der Waals surface area contributed by atoms with Gasteiger partial charge in [-0.1, -0.05) is 23.9 Å². The lowest BCUT2D eigenvalue weighted by molar-refractivity contribution is -0.384. The molecule has 23 heavy (non-hydrogen) atoms. The molecule has 3 aromatic rings. The van der Waals surface area contributed by atoms with Crippen molar-refractivity contribution in [1.82, 2.24) is 14.8 Å². The number of nitro benzene ring substituents is 1. The number of benzene rings is 1. The van der Waals surface area contributed by atoms with Crippen LogP contribution in [0.3, 0.4) is 0 Å². The Bertz CT molecular complexity index is 856. The van der Waals surface area contributed by atoms with Crippen LogP contribution in [0.4, 0.5) is 5.69 Å². The second-order valence-electron chi connectivity index (χ2n) is 4.97. The molecule has 1 aromatic carbocycles. The van der Waals surface area contributed by atoms with E-state index in [4.69, 9.17) is 4.42 Å². The molecule has 0 aliphatic heterocycles. The van der Waals surface area contributed by atoms with Crippen LogP contribution in [0.25, 0.3) is 11.4 Å². The van der Waals surface area contributed by atoms with Crippen LogP contribution in [-0.2, 0) is 12.8 Å². The number of nitro groups is 1. The first kappa shape index (κ1) is 15.3. The van der Waals surface area contributed by atoms with E-state index in [1.807, 2.05) is 30.7 Å². The minimum atomic E-state index is -0.393. The Hall–Kier alpha value is -2.61. The number of nitrogens with zero attached hydrogens (tertiary/aromatic N) is 4. The highest BCUT2D eigenvalue weighted by Gasteiger charge is 2.15. The molecular formula is C15H14N4O3S. The molecule has 0 atom stereocenters. The quantitative estimate of drug-likeness (QED) is 0.404. The summed E-state index contributed by atoms with van der Waals surface area (Å²) >= 11 is 1.48. The summed E-state index contributed by atoms with van der Waals surface area (Å²) in [7, 11) is 1.89. The lowest BCUT2D eigenvalue weighted by atomic mass is 10.2. The van der Waals surface area contributed by atoms with Crippen molar-refractivity contribution >= 4 is 17.4 Å². The zero-order chi connectivity index (χ0) is 16.4. The molecule has 0 radical (unpaired) electrons. The maximum atomic E-state index is 10.8. The highest BCUT2D eigenvalue weighted by molar-refractivity contribution is 7.98. The molecule has 0 saturated carbocycles. The van der Waals surface area contributed by atoms with E-state index in [-0.39, 0.29) is 5.69 Å². The molecule has 0 N–H and O–H groups in total. The van der Waals surface area contributed by atoms with E-state index < -0.39 is 4.92 Å². The number of furan rings is 1. The zero-order valence-electron chi connectivity index (χ0n) is 12.6. The monoisotopic (exact) mass is 330 g/mol. The third kappa shape index (κ3) is 3.11. The molecule has 0 spiro atoms. The maximum Gasteiger partial charge on any atom is 0.269 e. The maximum absolute atomic E-state index is 10.8. The first-order valence-electron chi connectivity index (χ1n) is 6.86. The summed E-state index contributed by atoms with van der Waals surface area (Å²) in [5, 5.41) is 19.9. The fourth-order valence-electron chi connectivity index (χ4n) is 2.20. The van der Waals surface area contributed by atoms with Crippen LogP contribution in [0.15, 0.2) is 46.2 Å². The van der Waals surface area contributed by atoms with Crippen molar-refractivity contribution in [3.63, 3.8) is 0 Å². The summed E-state index contributed by atoms with van der Waals surface area (Å²) in [4.78, 5) is 10.4. The summed E-state index contributed by atoms with van der Waals surface area (Å²) in [6.45, 7) is 1.87. The number of aryl methyl sites for hydroxylation is 1. The largest absolute Gasteiger partial charge is 0.469 e. The molecule has 0 bridgehead atoms. The Morgan fingerprint density at radius 1 is 1.35 bits per heavy atom. The third-order valence-electron chi connectivity index (χ3n) is 3.42. The van der Waals surface area contributed by atoms with Crippen molar-refractivity contribution in [2.75, 3.05) is 0 Å². The van der Waals surface area contributed by atoms with Crippen LogP contribution < -0.4 is 0 Å². The van der Waals surface area contributed by atoms with Gasteiger partial charge in [-0.2, -0.15) is 0 Å². The van der Waals surface area contributed by atoms with Gasteiger partial charge >= 0.3 is 0 Å². The summed E-state index contributed by atoms with van der Waals surface area (Å²) < 4.78 is 7.19. The van der Waals surface area contributed by atoms with Crippen molar-refractivity contribution in [3.05, 3.63) is 58.0 Å². The van der Waals surface area contributed by atoms with Crippen molar-refractivity contribution in [2.24, 2.45) is 7.05 Å². The Balaban J connectivity index is 1.77. The predicted molar refractivity (Wildman–Crippen MR) is 86.1 cm³/mol. The predicted octanol–water partition coefficient (Wildman–Crippen LogP) is 3.58. The SMILES string of the molecule is Cc1occc1-c1nnc(SCc2cccc([N+](=O)[O-])c2)n1C. The first-order valence-corrected chi connectivity index (χ1v) is 7.85. The Morgan fingerprint density at radius 2 is 2.17 bits per heavy atom. The van der Waals surface area contributed by atoms with Crippen LogP contribution in [0.5, 0.6) is 0 Å². The summed E-state index contributed by atoms with van der Waals surface area (Å²) in [6.07, 6.45) is 1.62.